The Hall–Kier alpha value is -0.551. The summed E-state index contributed by atoms with van der Waals surface area (Å²) in [5, 5.41) is 11.8. The molecule has 0 aromatic heterocycles. The van der Waals surface area contributed by atoms with Gasteiger partial charge >= 0.3 is 177 Å². The van der Waals surface area contributed by atoms with E-state index in [1.807, 2.05) is 43.0 Å². The zero-order valence-electron chi connectivity index (χ0n) is 18.8. The standard InChI is InChI=1S/C12H14NO2.3C4H9.Sn/c1-8(2)12(15)10-7-5-4-6-9(10)11(14)13(12)3;3*1-3-4-2;/h4-8,15H,3H2,1-2H3;3*1,3-4H2,2H3;. The maximum absolute atomic E-state index is 13.4. The summed E-state index contributed by atoms with van der Waals surface area (Å²) in [7, 11) is 0. The number of amides is 1. The van der Waals surface area contributed by atoms with E-state index in [0.717, 1.165) is 10.1 Å². The number of rotatable bonds is 12. The van der Waals surface area contributed by atoms with Crippen LogP contribution in [0.15, 0.2) is 24.3 Å². The van der Waals surface area contributed by atoms with Gasteiger partial charge in [-0.15, -0.1) is 0 Å². The van der Waals surface area contributed by atoms with Crippen LogP contribution in [0.1, 0.15) is 89.1 Å². The minimum atomic E-state index is -2.61. The first kappa shape index (κ1) is 23.7. The molecule has 158 valence electrons. The van der Waals surface area contributed by atoms with Crippen LogP contribution < -0.4 is 0 Å². The monoisotopic (exact) mass is 495 g/mol. The Kier molecular flexibility index (Phi) is 8.87. The van der Waals surface area contributed by atoms with Gasteiger partial charge in [0, 0.05) is 0 Å². The molecule has 1 aliphatic heterocycles. The molecule has 2 rings (SSSR count). The van der Waals surface area contributed by atoms with Gasteiger partial charge in [0.25, 0.3) is 0 Å². The first-order valence-electron chi connectivity index (χ1n) is 11.5. The fourth-order valence-electron chi connectivity index (χ4n) is 4.85. The molecule has 0 saturated carbocycles. The predicted molar refractivity (Wildman–Crippen MR) is 121 cm³/mol. The Balaban J connectivity index is 2.44. The van der Waals surface area contributed by atoms with Crippen molar-refractivity contribution in [2.75, 3.05) is 4.56 Å². The fourth-order valence-corrected chi connectivity index (χ4v) is 20.8. The van der Waals surface area contributed by atoms with Crippen molar-refractivity contribution in [3.63, 3.8) is 0 Å². The fraction of sp³-hybridized carbons (Fsp3) is 0.708. The predicted octanol–water partition coefficient (Wildman–Crippen LogP) is 6.33. The molecule has 1 N–H and O–H groups in total. The second kappa shape index (κ2) is 10.5. The zero-order valence-corrected chi connectivity index (χ0v) is 21.6. The molecule has 28 heavy (non-hydrogen) atoms. The molecule has 1 unspecified atom stereocenters. The molecule has 0 bridgehead atoms. The molecule has 0 aliphatic carbocycles. The summed E-state index contributed by atoms with van der Waals surface area (Å²) in [6, 6.07) is 7.72. The Morgan fingerprint density at radius 2 is 1.46 bits per heavy atom. The van der Waals surface area contributed by atoms with Gasteiger partial charge in [0.05, 0.1) is 0 Å². The molecular formula is C24H41NO2Sn. The van der Waals surface area contributed by atoms with Gasteiger partial charge in [-0.2, -0.15) is 0 Å². The van der Waals surface area contributed by atoms with Crippen LogP contribution in [0, 0.1) is 5.92 Å². The summed E-state index contributed by atoms with van der Waals surface area (Å²) in [4.78, 5) is 15.3. The van der Waals surface area contributed by atoms with Crippen molar-refractivity contribution in [2.45, 2.75) is 92.2 Å². The molecule has 0 radical (unpaired) electrons. The van der Waals surface area contributed by atoms with Crippen LogP contribution in [0.25, 0.3) is 0 Å². The summed E-state index contributed by atoms with van der Waals surface area (Å²) >= 11 is -2.61. The molecule has 1 aromatic carbocycles. The van der Waals surface area contributed by atoms with Gasteiger partial charge in [-0.05, 0) is 0 Å². The summed E-state index contributed by atoms with van der Waals surface area (Å²) < 4.78 is 4.91. The average Bonchev–Trinajstić information content (AvgIpc) is 2.92. The maximum atomic E-state index is 13.4. The molecule has 0 spiro atoms. The minimum absolute atomic E-state index is 0.0207. The van der Waals surface area contributed by atoms with Crippen molar-refractivity contribution < 1.29 is 9.90 Å². The molecule has 1 heterocycles. The van der Waals surface area contributed by atoms with Gasteiger partial charge in [0.2, 0.25) is 0 Å². The van der Waals surface area contributed by atoms with Crippen molar-refractivity contribution in [3.8, 4) is 0 Å². The number of carbonyl (C=O) groups excluding carboxylic acids is 1. The molecule has 0 saturated heterocycles. The molecular weight excluding hydrogens is 453 g/mol. The van der Waals surface area contributed by atoms with E-state index in [1.54, 1.807) is 0 Å². The molecule has 1 atom stereocenters. The third-order valence-electron chi connectivity index (χ3n) is 6.69. The van der Waals surface area contributed by atoms with E-state index in [4.69, 9.17) is 0 Å². The van der Waals surface area contributed by atoms with Crippen molar-refractivity contribution in [1.82, 2.24) is 4.90 Å². The first-order valence-corrected chi connectivity index (χ1v) is 19.6. The molecule has 1 amide bonds. The van der Waals surface area contributed by atoms with Crippen LogP contribution in [0.5, 0.6) is 0 Å². The van der Waals surface area contributed by atoms with Gasteiger partial charge in [-0.3, -0.25) is 0 Å². The third kappa shape index (κ3) is 4.77. The number of benzene rings is 1. The summed E-state index contributed by atoms with van der Waals surface area (Å²) in [6.07, 6.45) is 7.49. The van der Waals surface area contributed by atoms with Crippen LogP contribution in [0.4, 0.5) is 0 Å². The van der Waals surface area contributed by atoms with E-state index in [2.05, 4.69) is 20.8 Å². The molecule has 1 aliphatic rings. The van der Waals surface area contributed by atoms with E-state index in [0.29, 0.717) is 5.56 Å². The van der Waals surface area contributed by atoms with Gasteiger partial charge in [0.1, 0.15) is 0 Å². The number of fused-ring (bicyclic) bond motifs is 1. The molecule has 0 fully saturated rings. The Morgan fingerprint density at radius 3 is 1.93 bits per heavy atom. The zero-order chi connectivity index (χ0) is 20.8. The van der Waals surface area contributed by atoms with Crippen molar-refractivity contribution in [1.29, 1.82) is 0 Å². The van der Waals surface area contributed by atoms with Gasteiger partial charge in [-0.25, -0.2) is 0 Å². The van der Waals surface area contributed by atoms with Crippen molar-refractivity contribution >= 4 is 24.3 Å². The topological polar surface area (TPSA) is 40.5 Å². The van der Waals surface area contributed by atoms with Crippen LogP contribution >= 0.6 is 0 Å². The average molecular weight is 494 g/mol. The first-order chi connectivity index (χ1) is 13.4. The normalized spacial score (nSPS) is 19.5. The Labute approximate surface area is 176 Å². The number of hydrogen-bond donors (Lipinski definition) is 1. The van der Waals surface area contributed by atoms with Crippen LogP contribution in [-0.2, 0) is 5.72 Å². The molecule has 3 nitrogen and oxygen atoms in total. The Bertz CT molecular complexity index is 623. The van der Waals surface area contributed by atoms with E-state index in [1.165, 1.54) is 51.8 Å². The second-order valence-corrected chi connectivity index (χ2v) is 22.9. The van der Waals surface area contributed by atoms with Crippen LogP contribution in [-0.4, -0.2) is 38.9 Å². The van der Waals surface area contributed by atoms with Crippen molar-refractivity contribution in [3.05, 3.63) is 35.4 Å². The quantitative estimate of drug-likeness (QED) is 0.345. The van der Waals surface area contributed by atoms with E-state index in [9.17, 15) is 9.90 Å². The summed E-state index contributed by atoms with van der Waals surface area (Å²) in [5.74, 6) is 0.0324. The number of hydrogen-bond acceptors (Lipinski definition) is 2. The van der Waals surface area contributed by atoms with E-state index in [-0.39, 0.29) is 11.8 Å². The SMILES string of the molecule is CCC[CH2][Sn]([CH2]CCC)([CH2]CCC)[CH2]N1C(=O)c2ccccc2C1(O)C(C)C. The number of unbranched alkanes of at least 4 members (excludes halogenated alkanes) is 3. The van der Waals surface area contributed by atoms with Gasteiger partial charge < -0.3 is 0 Å². The van der Waals surface area contributed by atoms with Gasteiger partial charge in [0.15, 0.2) is 0 Å². The second-order valence-electron chi connectivity index (χ2n) is 9.13. The van der Waals surface area contributed by atoms with Gasteiger partial charge in [-0.1, -0.05) is 0 Å². The van der Waals surface area contributed by atoms with E-state index >= 15 is 0 Å². The molecule has 1 aromatic rings. The Morgan fingerprint density at radius 1 is 0.964 bits per heavy atom. The van der Waals surface area contributed by atoms with Crippen molar-refractivity contribution in [2.24, 2.45) is 5.92 Å². The third-order valence-corrected chi connectivity index (χ3v) is 21.6. The number of carbonyl (C=O) groups is 1. The van der Waals surface area contributed by atoms with Crippen LogP contribution in [0.2, 0.25) is 13.3 Å². The number of nitrogens with zero attached hydrogens (tertiary/aromatic N) is 1. The van der Waals surface area contributed by atoms with E-state index < -0.39 is 24.1 Å². The summed E-state index contributed by atoms with van der Waals surface area (Å²) in [5.41, 5.74) is 0.373. The number of aliphatic hydroxyl groups is 1. The summed E-state index contributed by atoms with van der Waals surface area (Å²) in [6.45, 7) is 10.9. The molecule has 4 heteroatoms. The van der Waals surface area contributed by atoms with Crippen LogP contribution in [0.3, 0.4) is 0 Å².